The molecular formula is C19H19N3O3. The van der Waals surface area contributed by atoms with Crippen molar-refractivity contribution in [2.45, 2.75) is 19.9 Å². The summed E-state index contributed by atoms with van der Waals surface area (Å²) in [6.45, 7) is 6.51. The Morgan fingerprint density at radius 3 is 2.68 bits per heavy atom. The monoisotopic (exact) mass is 337 g/mol. The van der Waals surface area contributed by atoms with E-state index >= 15 is 0 Å². The summed E-state index contributed by atoms with van der Waals surface area (Å²) in [6.07, 6.45) is 5.89. The molecule has 0 radical (unpaired) electrons. The number of hydrogen-bond donors (Lipinski definition) is 1. The second kappa shape index (κ2) is 6.76. The highest BCUT2D eigenvalue weighted by Crippen LogP contribution is 2.25. The van der Waals surface area contributed by atoms with Crippen molar-refractivity contribution in [2.75, 3.05) is 6.54 Å². The van der Waals surface area contributed by atoms with Crippen LogP contribution in [0.25, 0.3) is 17.0 Å². The van der Waals surface area contributed by atoms with Crippen LogP contribution in [0.15, 0.2) is 48.7 Å². The smallest absolute Gasteiger partial charge is 0.331 e. The molecule has 4 amide bonds. The minimum absolute atomic E-state index is 0.0485. The molecule has 128 valence electrons. The van der Waals surface area contributed by atoms with Crippen LogP contribution in [0, 0.1) is 0 Å². The van der Waals surface area contributed by atoms with Gasteiger partial charge in [-0.15, -0.1) is 6.58 Å². The van der Waals surface area contributed by atoms with Gasteiger partial charge in [0.25, 0.3) is 11.8 Å². The third-order valence-electron chi connectivity index (χ3n) is 4.08. The summed E-state index contributed by atoms with van der Waals surface area (Å²) in [5.41, 5.74) is 1.76. The third kappa shape index (κ3) is 2.98. The second-order valence-electron chi connectivity index (χ2n) is 5.82. The number of rotatable bonds is 5. The lowest BCUT2D eigenvalue weighted by atomic mass is 10.1. The first-order valence-corrected chi connectivity index (χ1v) is 8.14. The molecule has 0 atom stereocenters. The van der Waals surface area contributed by atoms with Crippen molar-refractivity contribution in [2.24, 2.45) is 0 Å². The van der Waals surface area contributed by atoms with Crippen molar-refractivity contribution in [3.8, 4) is 0 Å². The van der Waals surface area contributed by atoms with Crippen molar-refractivity contribution in [3.05, 3.63) is 54.3 Å². The molecule has 0 unspecified atom stereocenters. The highest BCUT2D eigenvalue weighted by molar-refractivity contribution is 6.31. The van der Waals surface area contributed by atoms with Gasteiger partial charge in [0.05, 0.1) is 0 Å². The zero-order valence-corrected chi connectivity index (χ0v) is 14.0. The molecule has 2 aromatic rings. The number of imide groups is 2. The molecule has 1 aromatic heterocycles. The zero-order valence-electron chi connectivity index (χ0n) is 14.0. The number of carbonyl (C=O) groups excluding carboxylic acids is 3. The van der Waals surface area contributed by atoms with E-state index in [0.29, 0.717) is 0 Å². The van der Waals surface area contributed by atoms with Crippen LogP contribution in [0.3, 0.4) is 0 Å². The summed E-state index contributed by atoms with van der Waals surface area (Å²) >= 11 is 0. The molecule has 0 spiro atoms. The Kier molecular flexibility index (Phi) is 4.52. The molecule has 1 N–H and O–H groups in total. The van der Waals surface area contributed by atoms with Crippen LogP contribution < -0.4 is 5.32 Å². The van der Waals surface area contributed by atoms with Gasteiger partial charge >= 0.3 is 6.03 Å². The average Bonchev–Trinajstić information content (AvgIpc) is 2.94. The predicted octanol–water partition coefficient (Wildman–Crippen LogP) is 2.70. The number of carbonyl (C=O) groups is 3. The first-order valence-electron chi connectivity index (χ1n) is 8.14. The van der Waals surface area contributed by atoms with E-state index in [2.05, 4.69) is 23.4 Å². The molecular weight excluding hydrogens is 318 g/mol. The standard InChI is InChI=1S/C19H19N3O3/c1-3-9-21-12-13(14-7-5-6-8-16(14)21)11-15-17(23)20-19(25)22(10-4-2)18(15)24/h4-8,11-12H,2-3,9-10H2,1H3,(H,20,23,25)/b15-11+. The van der Waals surface area contributed by atoms with Crippen LogP contribution in [-0.2, 0) is 16.1 Å². The molecule has 0 bridgehead atoms. The number of fused-ring (bicyclic) bond motifs is 1. The number of aryl methyl sites for hydroxylation is 1. The summed E-state index contributed by atoms with van der Waals surface area (Å²) in [7, 11) is 0. The number of aromatic nitrogens is 1. The normalized spacial score (nSPS) is 16.6. The minimum Gasteiger partial charge on any atom is -0.347 e. The van der Waals surface area contributed by atoms with Crippen molar-refractivity contribution in [1.82, 2.24) is 14.8 Å². The molecule has 1 aromatic carbocycles. The van der Waals surface area contributed by atoms with Gasteiger partial charge in [0, 0.05) is 35.8 Å². The maximum Gasteiger partial charge on any atom is 0.331 e. The molecule has 1 aliphatic rings. The Balaban J connectivity index is 2.09. The maximum absolute atomic E-state index is 12.5. The van der Waals surface area contributed by atoms with Gasteiger partial charge < -0.3 is 4.57 Å². The first-order chi connectivity index (χ1) is 12.1. The fourth-order valence-electron chi connectivity index (χ4n) is 2.96. The van der Waals surface area contributed by atoms with Gasteiger partial charge in [-0.1, -0.05) is 31.2 Å². The van der Waals surface area contributed by atoms with E-state index in [1.807, 2.05) is 30.5 Å². The number of benzene rings is 1. The largest absolute Gasteiger partial charge is 0.347 e. The molecule has 1 saturated heterocycles. The highest BCUT2D eigenvalue weighted by Gasteiger charge is 2.35. The van der Waals surface area contributed by atoms with E-state index in [0.717, 1.165) is 34.3 Å². The van der Waals surface area contributed by atoms with E-state index in [-0.39, 0.29) is 12.1 Å². The molecule has 6 heteroatoms. The van der Waals surface area contributed by atoms with Crippen molar-refractivity contribution >= 4 is 34.8 Å². The lowest BCUT2D eigenvalue weighted by molar-refractivity contribution is -0.129. The topological polar surface area (TPSA) is 71.4 Å². The Labute approximate surface area is 145 Å². The number of amides is 4. The van der Waals surface area contributed by atoms with Gasteiger partial charge in [0.2, 0.25) is 0 Å². The van der Waals surface area contributed by atoms with Gasteiger partial charge in [-0.05, 0) is 18.6 Å². The Bertz CT molecular complexity index is 908. The molecule has 3 rings (SSSR count). The Hall–Kier alpha value is -3.15. The number of barbiturate groups is 1. The van der Waals surface area contributed by atoms with Gasteiger partial charge in [-0.3, -0.25) is 19.8 Å². The van der Waals surface area contributed by atoms with Gasteiger partial charge in [-0.2, -0.15) is 0 Å². The Morgan fingerprint density at radius 1 is 1.20 bits per heavy atom. The SMILES string of the molecule is C=CCN1C(=O)NC(=O)/C(=C\c2cn(CCC)c3ccccc23)C1=O. The summed E-state index contributed by atoms with van der Waals surface area (Å²) < 4.78 is 2.10. The quantitative estimate of drug-likeness (QED) is 0.518. The number of nitrogens with one attached hydrogen (secondary N) is 1. The van der Waals surface area contributed by atoms with Crippen LogP contribution in [0.2, 0.25) is 0 Å². The van der Waals surface area contributed by atoms with Gasteiger partial charge in [0.15, 0.2) is 0 Å². The number of hydrogen-bond acceptors (Lipinski definition) is 3. The summed E-state index contributed by atoms with van der Waals surface area (Å²) in [5.74, 6) is -1.29. The van der Waals surface area contributed by atoms with Crippen molar-refractivity contribution in [1.29, 1.82) is 0 Å². The number of para-hydroxylation sites is 1. The number of urea groups is 1. The van der Waals surface area contributed by atoms with E-state index in [1.165, 1.54) is 6.08 Å². The van der Waals surface area contributed by atoms with Crippen molar-refractivity contribution in [3.63, 3.8) is 0 Å². The first kappa shape index (κ1) is 16.7. The molecule has 6 nitrogen and oxygen atoms in total. The van der Waals surface area contributed by atoms with Gasteiger partial charge in [-0.25, -0.2) is 4.79 Å². The maximum atomic E-state index is 12.5. The fraction of sp³-hybridized carbons (Fsp3) is 0.211. The average molecular weight is 337 g/mol. The fourth-order valence-corrected chi connectivity index (χ4v) is 2.96. The van der Waals surface area contributed by atoms with Crippen molar-refractivity contribution < 1.29 is 14.4 Å². The van der Waals surface area contributed by atoms with Crippen LogP contribution in [0.5, 0.6) is 0 Å². The minimum atomic E-state index is -0.722. The van der Waals surface area contributed by atoms with Crippen LogP contribution in [0.4, 0.5) is 4.79 Å². The second-order valence-corrected chi connectivity index (χ2v) is 5.82. The lowest BCUT2D eigenvalue weighted by Crippen LogP contribution is -2.54. The van der Waals surface area contributed by atoms with E-state index in [4.69, 9.17) is 0 Å². The molecule has 1 fully saturated rings. The molecule has 0 saturated carbocycles. The highest BCUT2D eigenvalue weighted by atomic mass is 16.2. The molecule has 25 heavy (non-hydrogen) atoms. The molecule has 2 heterocycles. The van der Waals surface area contributed by atoms with E-state index in [9.17, 15) is 14.4 Å². The third-order valence-corrected chi connectivity index (χ3v) is 4.08. The zero-order chi connectivity index (χ0) is 18.0. The molecule has 1 aliphatic heterocycles. The lowest BCUT2D eigenvalue weighted by Gasteiger charge is -2.25. The summed E-state index contributed by atoms with van der Waals surface area (Å²) in [6, 6.07) is 7.10. The molecule has 0 aliphatic carbocycles. The van der Waals surface area contributed by atoms with Crippen LogP contribution >= 0.6 is 0 Å². The summed E-state index contributed by atoms with van der Waals surface area (Å²) in [5, 5.41) is 3.15. The van der Waals surface area contributed by atoms with Crippen LogP contribution in [-0.4, -0.2) is 33.9 Å². The van der Waals surface area contributed by atoms with Crippen LogP contribution in [0.1, 0.15) is 18.9 Å². The van der Waals surface area contributed by atoms with E-state index < -0.39 is 17.8 Å². The summed E-state index contributed by atoms with van der Waals surface area (Å²) in [4.78, 5) is 37.5. The Morgan fingerprint density at radius 2 is 1.96 bits per heavy atom. The van der Waals surface area contributed by atoms with E-state index in [1.54, 1.807) is 6.08 Å². The van der Waals surface area contributed by atoms with Gasteiger partial charge in [0.1, 0.15) is 5.57 Å². The number of nitrogens with zero attached hydrogens (tertiary/aromatic N) is 2. The predicted molar refractivity (Wildman–Crippen MR) is 95.7 cm³/mol.